The van der Waals surface area contributed by atoms with E-state index in [0.717, 1.165) is 48.6 Å². The maximum Gasteiger partial charge on any atom is 0.276 e. The normalized spacial score (nSPS) is 15.6. The van der Waals surface area contributed by atoms with Gasteiger partial charge in [-0.1, -0.05) is 41.9 Å². The Labute approximate surface area is 229 Å². The van der Waals surface area contributed by atoms with Gasteiger partial charge in [0.2, 0.25) is 0 Å². The number of halogens is 1. The summed E-state index contributed by atoms with van der Waals surface area (Å²) < 4.78 is 7.45. The van der Waals surface area contributed by atoms with Crippen LogP contribution in [0.4, 0.5) is 11.5 Å². The molecule has 0 bridgehead atoms. The van der Waals surface area contributed by atoms with E-state index in [1.165, 1.54) is 11.1 Å². The van der Waals surface area contributed by atoms with Crippen LogP contribution in [0, 0.1) is 0 Å². The Kier molecular flexibility index (Phi) is 6.02. The van der Waals surface area contributed by atoms with Crippen molar-refractivity contribution >= 4 is 34.7 Å². The Balaban J connectivity index is 1.39. The molecular weight excluding hydrogens is 514 g/mol. The van der Waals surface area contributed by atoms with Gasteiger partial charge in [0.15, 0.2) is 11.3 Å². The average molecular weight is 540 g/mol. The van der Waals surface area contributed by atoms with Crippen molar-refractivity contribution in [1.82, 2.24) is 24.8 Å². The number of hydrogen-bond donors (Lipinski definition) is 2. The lowest BCUT2D eigenvalue weighted by Crippen LogP contribution is -2.20. The molecule has 5 aromatic rings. The monoisotopic (exact) mass is 539 g/mol. The summed E-state index contributed by atoms with van der Waals surface area (Å²) in [4.78, 5) is 21.2. The molecule has 9 nitrogen and oxygen atoms in total. The molecule has 0 atom stereocenters. The molecule has 0 aliphatic carbocycles. The molecule has 0 saturated carbocycles. The van der Waals surface area contributed by atoms with E-state index >= 15 is 0 Å². The molecule has 2 N–H and O–H groups in total. The number of aromatic nitrogens is 5. The lowest BCUT2D eigenvalue weighted by Gasteiger charge is -2.23. The maximum absolute atomic E-state index is 13.7. The third kappa shape index (κ3) is 4.43. The van der Waals surface area contributed by atoms with E-state index in [9.17, 15) is 4.79 Å². The SMILES string of the molecule is O=C(Nc1cccc(Cl)c1)c1nn2c(-c3cn[nH]c3)cc(N3Cc4ccccc4C3)nc2c1C1CCOCC1. The Hall–Kier alpha value is -4.21. The van der Waals surface area contributed by atoms with Gasteiger partial charge in [0.05, 0.1) is 11.9 Å². The van der Waals surface area contributed by atoms with Gasteiger partial charge in [-0.3, -0.25) is 9.89 Å². The molecule has 5 heterocycles. The molecule has 3 aromatic heterocycles. The first-order chi connectivity index (χ1) is 19.1. The summed E-state index contributed by atoms with van der Waals surface area (Å²) in [5.41, 5.74) is 6.77. The number of aromatic amines is 1. The molecule has 2 aromatic carbocycles. The Morgan fingerprint density at radius 2 is 1.85 bits per heavy atom. The fourth-order valence-electron chi connectivity index (χ4n) is 5.56. The van der Waals surface area contributed by atoms with Crippen molar-refractivity contribution in [3.05, 3.63) is 94.4 Å². The topological polar surface area (TPSA) is 100 Å². The molecule has 0 spiro atoms. The summed E-state index contributed by atoms with van der Waals surface area (Å²) >= 11 is 6.17. The standard InChI is InChI=1S/C29H26ClN7O2/c30-22-6-3-7-23(12-22)33-29(38)27-26(18-8-10-39-11-9-18)28-34-25(36-16-19-4-1-2-5-20(19)17-36)13-24(37(28)35-27)21-14-31-32-15-21/h1-7,12-15,18H,8-11,16-17H2,(H,31,32)(H,33,38). The van der Waals surface area contributed by atoms with Gasteiger partial charge in [-0.05, 0) is 48.1 Å². The Morgan fingerprint density at radius 3 is 2.56 bits per heavy atom. The maximum atomic E-state index is 13.7. The number of benzene rings is 2. The fourth-order valence-corrected chi connectivity index (χ4v) is 5.75. The number of H-pyrrole nitrogens is 1. The fraction of sp³-hybridized carbons (Fsp3) is 0.241. The van der Waals surface area contributed by atoms with Crippen LogP contribution in [0.2, 0.25) is 5.02 Å². The molecule has 1 saturated heterocycles. The third-order valence-electron chi connectivity index (χ3n) is 7.50. The molecule has 7 rings (SSSR count). The van der Waals surface area contributed by atoms with E-state index in [4.69, 9.17) is 26.4 Å². The Bertz CT molecular complexity index is 1650. The summed E-state index contributed by atoms with van der Waals surface area (Å²) in [6.45, 7) is 2.81. The highest BCUT2D eigenvalue weighted by molar-refractivity contribution is 6.31. The van der Waals surface area contributed by atoms with E-state index < -0.39 is 0 Å². The first-order valence-corrected chi connectivity index (χ1v) is 13.4. The van der Waals surface area contributed by atoms with Crippen molar-refractivity contribution < 1.29 is 9.53 Å². The smallest absolute Gasteiger partial charge is 0.276 e. The van der Waals surface area contributed by atoms with Gasteiger partial charge in [0.25, 0.3) is 5.91 Å². The van der Waals surface area contributed by atoms with Gasteiger partial charge in [0.1, 0.15) is 5.82 Å². The minimum Gasteiger partial charge on any atom is -0.381 e. The van der Waals surface area contributed by atoms with E-state index in [0.29, 0.717) is 35.3 Å². The summed E-state index contributed by atoms with van der Waals surface area (Å²) in [5, 5.41) is 15.5. The predicted octanol–water partition coefficient (Wildman–Crippen LogP) is 5.44. The number of hydrogen-bond acceptors (Lipinski definition) is 6. The van der Waals surface area contributed by atoms with Gasteiger partial charge >= 0.3 is 0 Å². The van der Waals surface area contributed by atoms with Crippen LogP contribution in [0.3, 0.4) is 0 Å². The summed E-state index contributed by atoms with van der Waals surface area (Å²) in [7, 11) is 0. The number of fused-ring (bicyclic) bond motifs is 2. The number of nitrogens with one attached hydrogen (secondary N) is 2. The number of anilines is 2. The molecular formula is C29H26ClN7O2. The van der Waals surface area contributed by atoms with Gasteiger partial charge in [-0.15, -0.1) is 0 Å². The first kappa shape index (κ1) is 23.9. The van der Waals surface area contributed by atoms with Crippen LogP contribution >= 0.6 is 11.6 Å². The van der Waals surface area contributed by atoms with E-state index in [-0.39, 0.29) is 11.8 Å². The second kappa shape index (κ2) is 9.83. The minimum atomic E-state index is -0.294. The molecule has 196 valence electrons. The number of carbonyl (C=O) groups excluding carboxylic acids is 1. The molecule has 1 amide bonds. The number of rotatable bonds is 5. The molecule has 0 unspecified atom stereocenters. The van der Waals surface area contributed by atoms with Crippen molar-refractivity contribution in [2.75, 3.05) is 23.4 Å². The van der Waals surface area contributed by atoms with Crippen LogP contribution in [-0.4, -0.2) is 43.9 Å². The first-order valence-electron chi connectivity index (χ1n) is 13.0. The van der Waals surface area contributed by atoms with Crippen LogP contribution < -0.4 is 10.2 Å². The van der Waals surface area contributed by atoms with Crippen LogP contribution in [0.15, 0.2) is 67.0 Å². The van der Waals surface area contributed by atoms with Gasteiger partial charge < -0.3 is 15.0 Å². The quantitative estimate of drug-likeness (QED) is 0.308. The van der Waals surface area contributed by atoms with Crippen LogP contribution in [-0.2, 0) is 17.8 Å². The van der Waals surface area contributed by atoms with E-state index in [1.54, 1.807) is 28.9 Å². The molecule has 10 heteroatoms. The number of ether oxygens (including phenoxy) is 1. The van der Waals surface area contributed by atoms with Crippen LogP contribution in [0.25, 0.3) is 16.9 Å². The van der Waals surface area contributed by atoms with Gasteiger partial charge in [-0.25, -0.2) is 9.50 Å². The summed E-state index contributed by atoms with van der Waals surface area (Å²) in [6.07, 6.45) is 5.18. The molecule has 2 aliphatic rings. The average Bonchev–Trinajstić information content (AvgIpc) is 3.71. The van der Waals surface area contributed by atoms with E-state index in [2.05, 4.69) is 44.7 Å². The summed E-state index contributed by atoms with van der Waals surface area (Å²) in [6, 6.07) is 17.6. The second-order valence-corrected chi connectivity index (χ2v) is 10.4. The zero-order valence-corrected chi connectivity index (χ0v) is 21.9. The highest BCUT2D eigenvalue weighted by Gasteiger charge is 2.31. The Morgan fingerprint density at radius 1 is 1.05 bits per heavy atom. The van der Waals surface area contributed by atoms with Crippen molar-refractivity contribution in [2.24, 2.45) is 0 Å². The molecule has 2 aliphatic heterocycles. The third-order valence-corrected chi connectivity index (χ3v) is 7.73. The molecule has 1 fully saturated rings. The lowest BCUT2D eigenvalue weighted by atomic mass is 9.91. The van der Waals surface area contributed by atoms with Crippen molar-refractivity contribution in [3.63, 3.8) is 0 Å². The predicted molar refractivity (Wildman–Crippen MR) is 149 cm³/mol. The van der Waals surface area contributed by atoms with E-state index in [1.807, 2.05) is 18.3 Å². The summed E-state index contributed by atoms with van der Waals surface area (Å²) in [5.74, 6) is 0.634. The van der Waals surface area contributed by atoms with Crippen molar-refractivity contribution in [1.29, 1.82) is 0 Å². The molecule has 0 radical (unpaired) electrons. The van der Waals surface area contributed by atoms with Gasteiger partial charge in [-0.2, -0.15) is 10.2 Å². The highest BCUT2D eigenvalue weighted by Crippen LogP contribution is 2.37. The zero-order chi connectivity index (χ0) is 26.3. The number of amides is 1. The largest absolute Gasteiger partial charge is 0.381 e. The van der Waals surface area contributed by atoms with Gasteiger partial charge in [0, 0.05) is 60.4 Å². The van der Waals surface area contributed by atoms with Crippen molar-refractivity contribution in [2.45, 2.75) is 31.8 Å². The highest BCUT2D eigenvalue weighted by atomic mass is 35.5. The van der Waals surface area contributed by atoms with Crippen molar-refractivity contribution in [3.8, 4) is 11.3 Å². The zero-order valence-electron chi connectivity index (χ0n) is 21.1. The number of carbonyl (C=O) groups is 1. The number of nitrogens with zero attached hydrogens (tertiary/aromatic N) is 5. The van der Waals surface area contributed by atoms with Crippen LogP contribution in [0.1, 0.15) is 45.9 Å². The lowest BCUT2D eigenvalue weighted by molar-refractivity contribution is 0.0848. The molecule has 39 heavy (non-hydrogen) atoms. The minimum absolute atomic E-state index is 0.0899. The second-order valence-electron chi connectivity index (χ2n) is 9.96. The van der Waals surface area contributed by atoms with Crippen LogP contribution in [0.5, 0.6) is 0 Å².